The molecule has 1 fully saturated rings. The minimum Gasteiger partial charge on any atom is -0.481 e. The summed E-state index contributed by atoms with van der Waals surface area (Å²) in [5.41, 5.74) is 0.250. The number of carbonyl (C=O) groups is 2. The van der Waals surface area contributed by atoms with Crippen LogP contribution < -0.4 is 0 Å². The molecule has 1 aromatic carbocycles. The molecule has 0 aliphatic carbocycles. The number of benzene rings is 1. The Morgan fingerprint density at radius 2 is 1.82 bits per heavy atom. The van der Waals surface area contributed by atoms with E-state index in [0.717, 1.165) is 0 Å². The summed E-state index contributed by atoms with van der Waals surface area (Å²) in [6.45, 7) is 1.84. The maximum absolute atomic E-state index is 12.5. The van der Waals surface area contributed by atoms with Crippen molar-refractivity contribution in [2.24, 2.45) is 11.8 Å². The number of methoxy groups -OCH3 is 1. The van der Waals surface area contributed by atoms with Crippen LogP contribution >= 0.6 is 0 Å². The van der Waals surface area contributed by atoms with Crippen LogP contribution in [0.4, 0.5) is 0 Å². The standard InChI is InChI=1S/C14H17NO6S/c1-9-7-15(8-12(9)13(16)17)22(19,20)11-5-3-10(4-6-11)14(18)21-2/h3-6,9,12H,7-8H2,1-2H3,(H,16,17)/t9-,12-/m1/s1. The van der Waals surface area contributed by atoms with Gasteiger partial charge in [-0.2, -0.15) is 4.31 Å². The van der Waals surface area contributed by atoms with Gasteiger partial charge in [-0.15, -0.1) is 0 Å². The summed E-state index contributed by atoms with van der Waals surface area (Å²) in [7, 11) is -2.53. The fourth-order valence-corrected chi connectivity index (χ4v) is 4.04. The van der Waals surface area contributed by atoms with Crippen LogP contribution in [0.5, 0.6) is 0 Å². The molecule has 0 spiro atoms. The smallest absolute Gasteiger partial charge is 0.337 e. The lowest BCUT2D eigenvalue weighted by atomic mass is 9.99. The van der Waals surface area contributed by atoms with E-state index in [0.29, 0.717) is 0 Å². The summed E-state index contributed by atoms with van der Waals surface area (Å²) in [5, 5.41) is 9.09. The molecule has 1 aliphatic rings. The van der Waals surface area contributed by atoms with E-state index in [1.54, 1.807) is 6.92 Å². The Balaban J connectivity index is 2.24. The quantitative estimate of drug-likeness (QED) is 0.822. The molecule has 0 bridgehead atoms. The number of hydrogen-bond donors (Lipinski definition) is 1. The van der Waals surface area contributed by atoms with E-state index in [1.165, 1.54) is 35.7 Å². The number of sulfonamides is 1. The number of nitrogens with zero attached hydrogens (tertiary/aromatic N) is 1. The van der Waals surface area contributed by atoms with Gasteiger partial charge in [-0.25, -0.2) is 13.2 Å². The van der Waals surface area contributed by atoms with Gasteiger partial charge >= 0.3 is 11.9 Å². The highest BCUT2D eigenvalue weighted by molar-refractivity contribution is 7.89. The average molecular weight is 327 g/mol. The number of esters is 1. The van der Waals surface area contributed by atoms with Gasteiger partial charge in [0.2, 0.25) is 10.0 Å². The lowest BCUT2D eigenvalue weighted by Crippen LogP contribution is -2.30. The van der Waals surface area contributed by atoms with Crippen molar-refractivity contribution in [3.8, 4) is 0 Å². The number of carboxylic acids is 1. The second kappa shape index (κ2) is 6.05. The van der Waals surface area contributed by atoms with Gasteiger partial charge in [-0.05, 0) is 30.2 Å². The molecule has 1 heterocycles. The van der Waals surface area contributed by atoms with Crippen LogP contribution in [0.15, 0.2) is 29.2 Å². The number of carbonyl (C=O) groups excluding carboxylic acids is 1. The first-order valence-corrected chi connectivity index (χ1v) is 8.12. The molecule has 1 saturated heterocycles. The Morgan fingerprint density at radius 1 is 1.23 bits per heavy atom. The van der Waals surface area contributed by atoms with Crippen molar-refractivity contribution in [3.63, 3.8) is 0 Å². The van der Waals surface area contributed by atoms with Gasteiger partial charge in [0.1, 0.15) is 0 Å². The molecule has 2 rings (SSSR count). The number of aliphatic carboxylic acids is 1. The summed E-state index contributed by atoms with van der Waals surface area (Å²) in [6.07, 6.45) is 0. The molecule has 2 atom stereocenters. The Hall–Kier alpha value is -1.93. The predicted octanol–water partition coefficient (Wildman–Crippen LogP) is 0.814. The zero-order chi connectivity index (χ0) is 16.5. The monoisotopic (exact) mass is 327 g/mol. The van der Waals surface area contributed by atoms with Crippen molar-refractivity contribution in [3.05, 3.63) is 29.8 Å². The van der Waals surface area contributed by atoms with Crippen LogP contribution in [0.25, 0.3) is 0 Å². The van der Waals surface area contributed by atoms with Crippen molar-refractivity contribution in [2.45, 2.75) is 11.8 Å². The SMILES string of the molecule is COC(=O)c1ccc(S(=O)(=O)N2C[C@@H](C)[C@H](C(=O)O)C2)cc1. The lowest BCUT2D eigenvalue weighted by Gasteiger charge is -2.16. The molecule has 1 aromatic rings. The molecule has 0 aromatic heterocycles. The van der Waals surface area contributed by atoms with Gasteiger partial charge in [-0.3, -0.25) is 4.79 Å². The Labute approximate surface area is 128 Å². The second-order valence-electron chi connectivity index (χ2n) is 5.26. The molecule has 7 nitrogen and oxygen atoms in total. The first-order chi connectivity index (χ1) is 10.3. The summed E-state index contributed by atoms with van der Waals surface area (Å²) in [5.74, 6) is -2.50. The molecule has 0 unspecified atom stereocenters. The van der Waals surface area contributed by atoms with Crippen LogP contribution in [0.1, 0.15) is 17.3 Å². The van der Waals surface area contributed by atoms with Gasteiger partial charge in [0.05, 0.1) is 23.5 Å². The fourth-order valence-electron chi connectivity index (χ4n) is 2.47. The third-order valence-corrected chi connectivity index (χ3v) is 5.66. The van der Waals surface area contributed by atoms with Crippen molar-refractivity contribution in [2.75, 3.05) is 20.2 Å². The number of hydrogen-bond acceptors (Lipinski definition) is 5. The van der Waals surface area contributed by atoms with Crippen molar-refractivity contribution >= 4 is 22.0 Å². The Bertz CT molecular complexity index is 682. The third-order valence-electron chi connectivity index (χ3n) is 3.81. The molecular weight excluding hydrogens is 310 g/mol. The molecular formula is C14H17NO6S. The first kappa shape index (κ1) is 16.4. The molecule has 0 saturated carbocycles. The number of ether oxygens (including phenoxy) is 1. The van der Waals surface area contributed by atoms with Crippen molar-refractivity contribution in [1.29, 1.82) is 0 Å². The summed E-state index contributed by atoms with van der Waals surface area (Å²) >= 11 is 0. The minimum atomic E-state index is -3.77. The normalized spacial score (nSPS) is 22.5. The topological polar surface area (TPSA) is 101 Å². The van der Waals surface area contributed by atoms with E-state index in [-0.39, 0.29) is 29.5 Å². The maximum Gasteiger partial charge on any atom is 0.337 e. The highest BCUT2D eigenvalue weighted by Gasteiger charge is 2.40. The van der Waals surface area contributed by atoms with Gasteiger partial charge in [0.25, 0.3) is 0 Å². The third kappa shape index (κ3) is 2.97. The summed E-state index contributed by atoms with van der Waals surface area (Å²) in [4.78, 5) is 22.5. The van der Waals surface area contributed by atoms with Crippen LogP contribution in [-0.4, -0.2) is 50.0 Å². The molecule has 1 N–H and O–H groups in total. The van der Waals surface area contributed by atoms with Crippen LogP contribution in [-0.2, 0) is 19.6 Å². The Morgan fingerprint density at radius 3 is 2.27 bits per heavy atom. The lowest BCUT2D eigenvalue weighted by molar-refractivity contribution is -0.142. The number of carboxylic acid groups (broad SMARTS) is 1. The highest BCUT2D eigenvalue weighted by atomic mass is 32.2. The molecule has 0 radical (unpaired) electrons. The molecule has 0 amide bonds. The van der Waals surface area contributed by atoms with Gasteiger partial charge in [0, 0.05) is 13.1 Å². The largest absolute Gasteiger partial charge is 0.481 e. The van der Waals surface area contributed by atoms with Gasteiger partial charge < -0.3 is 9.84 Å². The maximum atomic E-state index is 12.5. The van der Waals surface area contributed by atoms with E-state index in [2.05, 4.69) is 4.74 Å². The van der Waals surface area contributed by atoms with Crippen molar-refractivity contribution < 1.29 is 27.9 Å². The summed E-state index contributed by atoms with van der Waals surface area (Å²) in [6, 6.07) is 5.38. The molecule has 120 valence electrons. The molecule has 22 heavy (non-hydrogen) atoms. The van der Waals surface area contributed by atoms with E-state index in [4.69, 9.17) is 5.11 Å². The Kier molecular flexibility index (Phi) is 4.52. The zero-order valence-corrected chi connectivity index (χ0v) is 13.0. The molecule has 1 aliphatic heterocycles. The zero-order valence-electron chi connectivity index (χ0n) is 12.2. The van der Waals surface area contributed by atoms with E-state index < -0.39 is 27.9 Å². The second-order valence-corrected chi connectivity index (χ2v) is 7.20. The average Bonchev–Trinajstić information content (AvgIpc) is 2.89. The fraction of sp³-hybridized carbons (Fsp3) is 0.429. The molecule has 8 heteroatoms. The van der Waals surface area contributed by atoms with Gasteiger partial charge in [-0.1, -0.05) is 6.92 Å². The minimum absolute atomic E-state index is 0.0263. The van der Waals surface area contributed by atoms with Gasteiger partial charge in [0.15, 0.2) is 0 Å². The summed E-state index contributed by atoms with van der Waals surface area (Å²) < 4.78 is 30.8. The van der Waals surface area contributed by atoms with Crippen LogP contribution in [0.3, 0.4) is 0 Å². The van der Waals surface area contributed by atoms with Crippen molar-refractivity contribution in [1.82, 2.24) is 4.31 Å². The van der Waals surface area contributed by atoms with E-state index in [9.17, 15) is 18.0 Å². The van der Waals surface area contributed by atoms with Crippen LogP contribution in [0, 0.1) is 11.8 Å². The van der Waals surface area contributed by atoms with E-state index in [1.807, 2.05) is 0 Å². The number of rotatable bonds is 4. The van der Waals surface area contributed by atoms with Crippen LogP contribution in [0.2, 0.25) is 0 Å². The highest BCUT2D eigenvalue weighted by Crippen LogP contribution is 2.28. The first-order valence-electron chi connectivity index (χ1n) is 6.68. The van der Waals surface area contributed by atoms with E-state index >= 15 is 0 Å². The predicted molar refractivity (Wildman–Crippen MR) is 76.8 cm³/mol.